The molecule has 0 amide bonds. The maximum atomic E-state index is 13.8. The number of aromatic nitrogens is 4. The zero-order valence-corrected chi connectivity index (χ0v) is 13.2. The van der Waals surface area contributed by atoms with Gasteiger partial charge in [0.05, 0.1) is 5.69 Å². The normalized spacial score (nSPS) is 10.9. The molecular weight excluding hydrogens is 319 g/mol. The minimum Gasteiger partial charge on any atom is -0.368 e. The van der Waals surface area contributed by atoms with Gasteiger partial charge in [0.25, 0.3) is 0 Å². The summed E-state index contributed by atoms with van der Waals surface area (Å²) in [5.74, 6) is 0.259. The van der Waals surface area contributed by atoms with Crippen molar-refractivity contribution in [1.82, 2.24) is 19.6 Å². The average molecular weight is 334 g/mol. The Hall–Kier alpha value is -3.48. The largest absolute Gasteiger partial charge is 0.368 e. The second-order valence-electron chi connectivity index (χ2n) is 5.52. The molecule has 0 radical (unpaired) electrons. The van der Waals surface area contributed by atoms with Crippen LogP contribution in [-0.4, -0.2) is 19.6 Å². The van der Waals surface area contributed by atoms with Gasteiger partial charge in [-0.3, -0.25) is 0 Å². The second kappa shape index (κ2) is 6.20. The Kier molecular flexibility index (Phi) is 3.74. The summed E-state index contributed by atoms with van der Waals surface area (Å²) in [7, 11) is 0. The SMILES string of the molecule is Nc1nc(NCc2ccccc2F)n2nc(-c3ccccc3)cc2n1. The molecule has 124 valence electrons. The highest BCUT2D eigenvalue weighted by atomic mass is 19.1. The van der Waals surface area contributed by atoms with E-state index in [2.05, 4.69) is 20.4 Å². The Morgan fingerprint density at radius 2 is 1.76 bits per heavy atom. The number of nitrogen functional groups attached to an aromatic ring is 1. The first kappa shape index (κ1) is 15.1. The van der Waals surface area contributed by atoms with E-state index in [0.717, 1.165) is 11.3 Å². The standard InChI is InChI=1S/C18H15FN6/c19-14-9-5-4-8-13(14)11-21-18-23-17(20)22-16-10-15(24-25(16)18)12-6-2-1-3-7-12/h1-10H,11H2,(H3,20,21,22,23). The quantitative estimate of drug-likeness (QED) is 0.599. The second-order valence-corrected chi connectivity index (χ2v) is 5.52. The topological polar surface area (TPSA) is 81.1 Å². The fourth-order valence-electron chi connectivity index (χ4n) is 2.59. The van der Waals surface area contributed by atoms with Crippen LogP contribution in [0.3, 0.4) is 0 Å². The number of hydrogen-bond acceptors (Lipinski definition) is 5. The Morgan fingerprint density at radius 1 is 1.00 bits per heavy atom. The molecule has 6 nitrogen and oxygen atoms in total. The number of hydrogen-bond donors (Lipinski definition) is 2. The summed E-state index contributed by atoms with van der Waals surface area (Å²) in [6, 6.07) is 18.2. The number of benzene rings is 2. The number of anilines is 2. The van der Waals surface area contributed by atoms with Crippen LogP contribution in [0.1, 0.15) is 5.56 Å². The van der Waals surface area contributed by atoms with Crippen molar-refractivity contribution in [1.29, 1.82) is 0 Å². The van der Waals surface area contributed by atoms with Gasteiger partial charge in [0, 0.05) is 23.7 Å². The third-order valence-electron chi connectivity index (χ3n) is 3.81. The fourth-order valence-corrected chi connectivity index (χ4v) is 2.59. The van der Waals surface area contributed by atoms with Crippen LogP contribution in [0.2, 0.25) is 0 Å². The maximum absolute atomic E-state index is 13.8. The molecule has 0 bridgehead atoms. The average Bonchev–Trinajstić information content (AvgIpc) is 3.05. The molecule has 0 unspecified atom stereocenters. The van der Waals surface area contributed by atoms with Gasteiger partial charge in [0.1, 0.15) is 5.82 Å². The highest BCUT2D eigenvalue weighted by Crippen LogP contribution is 2.21. The van der Waals surface area contributed by atoms with Crippen molar-refractivity contribution < 1.29 is 4.39 Å². The van der Waals surface area contributed by atoms with E-state index in [1.807, 2.05) is 36.4 Å². The van der Waals surface area contributed by atoms with E-state index < -0.39 is 0 Å². The molecule has 0 aliphatic carbocycles. The van der Waals surface area contributed by atoms with Crippen molar-refractivity contribution in [2.75, 3.05) is 11.1 Å². The molecule has 2 aromatic heterocycles. The van der Waals surface area contributed by atoms with E-state index in [1.165, 1.54) is 6.07 Å². The van der Waals surface area contributed by atoms with Crippen LogP contribution in [-0.2, 0) is 6.54 Å². The van der Waals surface area contributed by atoms with Crippen LogP contribution in [0.25, 0.3) is 16.9 Å². The van der Waals surface area contributed by atoms with Crippen LogP contribution < -0.4 is 11.1 Å². The van der Waals surface area contributed by atoms with Crippen LogP contribution in [0, 0.1) is 5.82 Å². The van der Waals surface area contributed by atoms with Gasteiger partial charge in [-0.05, 0) is 6.07 Å². The van der Waals surface area contributed by atoms with Gasteiger partial charge in [-0.25, -0.2) is 4.39 Å². The third-order valence-corrected chi connectivity index (χ3v) is 3.81. The zero-order chi connectivity index (χ0) is 17.2. The van der Waals surface area contributed by atoms with Crippen molar-refractivity contribution in [3.8, 4) is 11.3 Å². The lowest BCUT2D eigenvalue weighted by Crippen LogP contribution is -2.11. The molecule has 25 heavy (non-hydrogen) atoms. The molecule has 7 heteroatoms. The van der Waals surface area contributed by atoms with Gasteiger partial charge in [-0.2, -0.15) is 19.6 Å². The van der Waals surface area contributed by atoms with Gasteiger partial charge in [-0.1, -0.05) is 48.5 Å². The lowest BCUT2D eigenvalue weighted by molar-refractivity contribution is 0.612. The minimum atomic E-state index is -0.279. The molecule has 0 fully saturated rings. The molecule has 0 aliphatic heterocycles. The van der Waals surface area contributed by atoms with E-state index >= 15 is 0 Å². The zero-order valence-electron chi connectivity index (χ0n) is 13.2. The molecule has 2 aromatic carbocycles. The predicted octanol–water partition coefficient (Wildman–Crippen LogP) is 3.12. The van der Waals surface area contributed by atoms with Crippen LogP contribution in [0.5, 0.6) is 0 Å². The van der Waals surface area contributed by atoms with E-state index in [9.17, 15) is 4.39 Å². The van der Waals surface area contributed by atoms with Crippen molar-refractivity contribution in [2.45, 2.75) is 6.54 Å². The van der Waals surface area contributed by atoms with E-state index in [1.54, 1.807) is 22.7 Å². The first-order valence-corrected chi connectivity index (χ1v) is 7.77. The van der Waals surface area contributed by atoms with Crippen molar-refractivity contribution in [3.05, 3.63) is 72.0 Å². The highest BCUT2D eigenvalue weighted by Gasteiger charge is 2.11. The monoisotopic (exact) mass is 334 g/mol. The first-order chi connectivity index (χ1) is 12.2. The van der Waals surface area contributed by atoms with Crippen molar-refractivity contribution in [3.63, 3.8) is 0 Å². The summed E-state index contributed by atoms with van der Waals surface area (Å²) in [4.78, 5) is 8.39. The summed E-state index contributed by atoms with van der Waals surface area (Å²) < 4.78 is 15.4. The molecule has 3 N–H and O–H groups in total. The Labute approximate surface area is 143 Å². The summed E-state index contributed by atoms with van der Waals surface area (Å²) in [6.07, 6.45) is 0. The fraction of sp³-hybridized carbons (Fsp3) is 0.0556. The number of fused-ring (bicyclic) bond motifs is 1. The van der Waals surface area contributed by atoms with E-state index in [4.69, 9.17) is 5.73 Å². The van der Waals surface area contributed by atoms with Gasteiger partial charge < -0.3 is 11.1 Å². The number of nitrogens with one attached hydrogen (secondary N) is 1. The lowest BCUT2D eigenvalue weighted by atomic mass is 10.2. The van der Waals surface area contributed by atoms with Gasteiger partial charge in [-0.15, -0.1) is 0 Å². The van der Waals surface area contributed by atoms with E-state index in [-0.39, 0.29) is 18.3 Å². The van der Waals surface area contributed by atoms with Gasteiger partial charge in [0.2, 0.25) is 11.9 Å². The maximum Gasteiger partial charge on any atom is 0.229 e. The summed E-state index contributed by atoms with van der Waals surface area (Å²) in [5, 5.41) is 7.62. The molecule has 0 spiro atoms. The molecule has 0 aliphatic rings. The highest BCUT2D eigenvalue weighted by molar-refractivity contribution is 5.65. The predicted molar refractivity (Wildman–Crippen MR) is 94.4 cm³/mol. The van der Waals surface area contributed by atoms with Crippen molar-refractivity contribution in [2.24, 2.45) is 0 Å². The minimum absolute atomic E-state index is 0.128. The number of nitrogens with two attached hydrogens (primary N) is 1. The lowest BCUT2D eigenvalue weighted by Gasteiger charge is -2.08. The molecule has 4 rings (SSSR count). The molecule has 0 saturated heterocycles. The van der Waals surface area contributed by atoms with Crippen LogP contribution in [0.15, 0.2) is 60.7 Å². The number of rotatable bonds is 4. The Morgan fingerprint density at radius 3 is 2.56 bits per heavy atom. The van der Waals surface area contributed by atoms with Gasteiger partial charge in [0.15, 0.2) is 5.65 Å². The Bertz CT molecular complexity index is 1030. The van der Waals surface area contributed by atoms with Crippen LogP contribution in [0.4, 0.5) is 16.3 Å². The molecule has 0 atom stereocenters. The molecular formula is C18H15FN6. The Balaban J connectivity index is 1.71. The summed E-state index contributed by atoms with van der Waals surface area (Å²) in [6.45, 7) is 0.263. The number of nitrogens with zero attached hydrogens (tertiary/aromatic N) is 4. The molecule has 2 heterocycles. The van der Waals surface area contributed by atoms with Gasteiger partial charge >= 0.3 is 0 Å². The van der Waals surface area contributed by atoms with E-state index in [0.29, 0.717) is 17.2 Å². The smallest absolute Gasteiger partial charge is 0.229 e. The summed E-state index contributed by atoms with van der Waals surface area (Å²) in [5.41, 5.74) is 8.62. The third kappa shape index (κ3) is 2.99. The number of halogens is 1. The molecule has 0 saturated carbocycles. The first-order valence-electron chi connectivity index (χ1n) is 7.77. The summed E-state index contributed by atoms with van der Waals surface area (Å²) >= 11 is 0. The van der Waals surface area contributed by atoms with Crippen LogP contribution >= 0.6 is 0 Å². The van der Waals surface area contributed by atoms with Crippen molar-refractivity contribution >= 4 is 17.5 Å². The molecule has 4 aromatic rings.